The molecule has 22 heavy (non-hydrogen) atoms. The number of esters is 1. The van der Waals surface area contributed by atoms with Crippen molar-refractivity contribution in [3.8, 4) is 5.75 Å². The Bertz CT molecular complexity index is 677. The highest BCUT2D eigenvalue weighted by Gasteiger charge is 2.20. The topological polar surface area (TPSA) is 35.5 Å². The van der Waals surface area contributed by atoms with E-state index < -0.39 is 12.1 Å². The van der Waals surface area contributed by atoms with Crippen molar-refractivity contribution in [3.05, 3.63) is 76.8 Å². The molecule has 0 saturated carbocycles. The molecule has 0 radical (unpaired) electrons. The highest BCUT2D eigenvalue weighted by Crippen LogP contribution is 2.29. The Morgan fingerprint density at radius 1 is 1.14 bits per heavy atom. The van der Waals surface area contributed by atoms with Crippen LogP contribution in [-0.4, -0.2) is 13.1 Å². The maximum Gasteiger partial charge on any atom is 0.334 e. The van der Waals surface area contributed by atoms with Crippen LogP contribution in [0.4, 0.5) is 0 Å². The second-order valence-corrected chi connectivity index (χ2v) is 5.33. The van der Waals surface area contributed by atoms with Crippen LogP contribution < -0.4 is 4.74 Å². The number of carbonyl (C=O) groups is 1. The number of halogens is 1. The molecule has 0 saturated heterocycles. The van der Waals surface area contributed by atoms with Gasteiger partial charge in [0.25, 0.3) is 0 Å². The molecule has 0 aromatic heterocycles. The average molecular weight is 317 g/mol. The Labute approximate surface area is 135 Å². The molecule has 114 valence electrons. The fourth-order valence-corrected chi connectivity index (χ4v) is 2.18. The molecule has 2 aromatic carbocycles. The van der Waals surface area contributed by atoms with Gasteiger partial charge >= 0.3 is 5.97 Å². The Hall–Kier alpha value is -2.26. The van der Waals surface area contributed by atoms with Gasteiger partial charge in [-0.15, -0.1) is 0 Å². The Balaban J connectivity index is 2.39. The van der Waals surface area contributed by atoms with Crippen LogP contribution in [0.1, 0.15) is 24.2 Å². The first kappa shape index (κ1) is 16.1. The van der Waals surface area contributed by atoms with Crippen molar-refractivity contribution < 1.29 is 14.3 Å². The summed E-state index contributed by atoms with van der Waals surface area (Å²) in [6.45, 7) is 5.24. The first-order valence-electron chi connectivity index (χ1n) is 6.77. The summed E-state index contributed by atoms with van der Waals surface area (Å²) in [7, 11) is 1.60. The van der Waals surface area contributed by atoms with E-state index in [1.54, 1.807) is 26.2 Å². The van der Waals surface area contributed by atoms with E-state index in [4.69, 9.17) is 21.1 Å². The van der Waals surface area contributed by atoms with Crippen molar-refractivity contribution in [2.75, 3.05) is 7.11 Å². The lowest BCUT2D eigenvalue weighted by atomic mass is 10.0. The molecule has 0 aliphatic carbocycles. The molecule has 0 spiro atoms. The number of benzene rings is 2. The Morgan fingerprint density at radius 3 is 2.36 bits per heavy atom. The third kappa shape index (κ3) is 3.89. The smallest absolute Gasteiger partial charge is 0.334 e. The quantitative estimate of drug-likeness (QED) is 0.599. The van der Waals surface area contributed by atoms with Gasteiger partial charge in [-0.3, -0.25) is 0 Å². The molecule has 0 N–H and O–H groups in total. The van der Waals surface area contributed by atoms with Crippen molar-refractivity contribution in [3.63, 3.8) is 0 Å². The van der Waals surface area contributed by atoms with Gasteiger partial charge in [0, 0.05) is 10.6 Å². The summed E-state index contributed by atoms with van der Waals surface area (Å²) in [5, 5.41) is 0.586. The standard InChI is InChI=1S/C18H17ClO3/c1-12(2)18(20)22-17(14-5-4-6-15(19)11-14)13-7-9-16(21-3)10-8-13/h4-11,17H,1H2,2-3H3. The van der Waals surface area contributed by atoms with E-state index in [1.807, 2.05) is 36.4 Å². The number of ether oxygens (including phenoxy) is 2. The molecular weight excluding hydrogens is 300 g/mol. The average Bonchev–Trinajstić information content (AvgIpc) is 2.52. The summed E-state index contributed by atoms with van der Waals surface area (Å²) >= 11 is 6.05. The minimum Gasteiger partial charge on any atom is -0.497 e. The summed E-state index contributed by atoms with van der Waals surface area (Å²) in [6, 6.07) is 14.6. The molecule has 0 heterocycles. The van der Waals surface area contributed by atoms with Crippen molar-refractivity contribution >= 4 is 17.6 Å². The van der Waals surface area contributed by atoms with E-state index in [1.165, 1.54) is 0 Å². The fourth-order valence-electron chi connectivity index (χ4n) is 1.98. The molecule has 1 atom stereocenters. The van der Waals surface area contributed by atoms with Gasteiger partial charge in [0.05, 0.1) is 7.11 Å². The lowest BCUT2D eigenvalue weighted by Crippen LogP contribution is -2.13. The summed E-state index contributed by atoms with van der Waals surface area (Å²) in [5.41, 5.74) is 1.98. The van der Waals surface area contributed by atoms with E-state index in [2.05, 4.69) is 6.58 Å². The van der Waals surface area contributed by atoms with E-state index in [-0.39, 0.29) is 0 Å². The van der Waals surface area contributed by atoms with Crippen LogP contribution in [0.2, 0.25) is 5.02 Å². The molecule has 0 aliphatic rings. The van der Waals surface area contributed by atoms with Crippen LogP contribution >= 0.6 is 11.6 Å². The third-order valence-electron chi connectivity index (χ3n) is 3.14. The van der Waals surface area contributed by atoms with Gasteiger partial charge in [-0.05, 0) is 42.3 Å². The fraction of sp³-hybridized carbons (Fsp3) is 0.167. The zero-order chi connectivity index (χ0) is 16.1. The molecule has 0 amide bonds. The van der Waals surface area contributed by atoms with Crippen molar-refractivity contribution in [2.24, 2.45) is 0 Å². The van der Waals surface area contributed by atoms with Gasteiger partial charge in [0.1, 0.15) is 5.75 Å². The Morgan fingerprint density at radius 2 is 1.82 bits per heavy atom. The largest absolute Gasteiger partial charge is 0.497 e. The second kappa shape index (κ2) is 7.14. The zero-order valence-corrected chi connectivity index (χ0v) is 13.3. The summed E-state index contributed by atoms with van der Waals surface area (Å²) in [4.78, 5) is 11.9. The molecular formula is C18H17ClO3. The van der Waals surface area contributed by atoms with Gasteiger partial charge < -0.3 is 9.47 Å². The predicted octanol–water partition coefficient (Wildman–Crippen LogP) is 4.56. The zero-order valence-electron chi connectivity index (χ0n) is 12.5. The summed E-state index contributed by atoms with van der Waals surface area (Å²) < 4.78 is 10.7. The SMILES string of the molecule is C=C(C)C(=O)OC(c1ccc(OC)cc1)c1cccc(Cl)c1. The van der Waals surface area contributed by atoms with Gasteiger partial charge in [0.2, 0.25) is 0 Å². The lowest BCUT2D eigenvalue weighted by Gasteiger charge is -2.19. The predicted molar refractivity (Wildman–Crippen MR) is 87.2 cm³/mol. The molecule has 4 heteroatoms. The van der Waals surface area contributed by atoms with Crippen LogP contribution in [0.5, 0.6) is 5.75 Å². The first-order valence-corrected chi connectivity index (χ1v) is 7.15. The van der Waals surface area contributed by atoms with E-state index >= 15 is 0 Å². The number of carbonyl (C=O) groups excluding carboxylic acids is 1. The summed E-state index contributed by atoms with van der Waals surface area (Å²) in [5.74, 6) is 0.292. The van der Waals surface area contributed by atoms with Crippen LogP contribution in [0, 0.1) is 0 Å². The van der Waals surface area contributed by atoms with Crippen molar-refractivity contribution in [1.29, 1.82) is 0 Å². The van der Waals surface area contributed by atoms with Gasteiger partial charge in [-0.25, -0.2) is 4.79 Å². The van der Waals surface area contributed by atoms with Gasteiger partial charge in [0.15, 0.2) is 6.10 Å². The molecule has 0 fully saturated rings. The number of methoxy groups -OCH3 is 1. The van der Waals surface area contributed by atoms with Gasteiger partial charge in [-0.2, -0.15) is 0 Å². The molecule has 2 rings (SSSR count). The van der Waals surface area contributed by atoms with Crippen LogP contribution in [0.3, 0.4) is 0 Å². The highest BCUT2D eigenvalue weighted by atomic mass is 35.5. The van der Waals surface area contributed by atoms with E-state index in [9.17, 15) is 4.79 Å². The summed E-state index contributed by atoms with van der Waals surface area (Å²) in [6.07, 6.45) is -0.547. The van der Waals surface area contributed by atoms with E-state index in [0.717, 1.165) is 16.9 Å². The highest BCUT2D eigenvalue weighted by molar-refractivity contribution is 6.30. The van der Waals surface area contributed by atoms with Crippen LogP contribution in [0.15, 0.2) is 60.7 Å². The maximum atomic E-state index is 11.9. The number of hydrogen-bond donors (Lipinski definition) is 0. The first-order chi connectivity index (χ1) is 10.5. The molecule has 0 aliphatic heterocycles. The van der Waals surface area contributed by atoms with Gasteiger partial charge in [-0.1, -0.05) is 42.4 Å². The normalized spacial score (nSPS) is 11.6. The minimum atomic E-state index is -0.547. The molecule has 3 nitrogen and oxygen atoms in total. The molecule has 2 aromatic rings. The Kier molecular flexibility index (Phi) is 5.23. The number of hydrogen-bond acceptors (Lipinski definition) is 3. The maximum absolute atomic E-state index is 11.9. The number of rotatable bonds is 5. The monoisotopic (exact) mass is 316 g/mol. The second-order valence-electron chi connectivity index (χ2n) is 4.89. The van der Waals surface area contributed by atoms with Crippen LogP contribution in [0.25, 0.3) is 0 Å². The van der Waals surface area contributed by atoms with E-state index in [0.29, 0.717) is 10.6 Å². The minimum absolute atomic E-state index is 0.348. The third-order valence-corrected chi connectivity index (χ3v) is 3.38. The molecule has 0 bridgehead atoms. The lowest BCUT2D eigenvalue weighted by molar-refractivity contribution is -0.142. The van der Waals surface area contributed by atoms with Crippen molar-refractivity contribution in [1.82, 2.24) is 0 Å². The molecule has 1 unspecified atom stereocenters. The van der Waals surface area contributed by atoms with Crippen LogP contribution in [-0.2, 0) is 9.53 Å². The van der Waals surface area contributed by atoms with Crippen molar-refractivity contribution in [2.45, 2.75) is 13.0 Å².